The average molecular weight is 441 g/mol. The molecule has 3 aromatic rings. The molecule has 0 aliphatic heterocycles. The number of rotatable bonds is 4. The highest BCUT2D eigenvalue weighted by molar-refractivity contribution is 5.89. The second-order valence-corrected chi connectivity index (χ2v) is 9.30. The third kappa shape index (κ3) is 3.26. The van der Waals surface area contributed by atoms with E-state index in [1.165, 1.54) is 6.20 Å². The van der Waals surface area contributed by atoms with Gasteiger partial charge in [0.05, 0.1) is 18.3 Å². The third-order valence-corrected chi connectivity index (χ3v) is 7.16. The lowest BCUT2D eigenvalue weighted by molar-refractivity contribution is -0.0406. The molecule has 2 bridgehead atoms. The maximum atomic E-state index is 14.5. The van der Waals surface area contributed by atoms with Crippen LogP contribution in [0.4, 0.5) is 14.7 Å². The summed E-state index contributed by atoms with van der Waals surface area (Å²) in [6, 6.07) is 5.00. The number of hydrogen-bond donors (Lipinski definition) is 1. The van der Waals surface area contributed by atoms with Crippen molar-refractivity contribution >= 4 is 16.7 Å². The van der Waals surface area contributed by atoms with Crippen molar-refractivity contribution in [3.63, 3.8) is 0 Å². The van der Waals surface area contributed by atoms with Crippen molar-refractivity contribution in [2.45, 2.75) is 44.3 Å². The number of likely N-dealkylation sites (N-methyl/N-ethyl adjacent to an activating group) is 1. The van der Waals surface area contributed by atoms with E-state index in [4.69, 9.17) is 4.74 Å². The Morgan fingerprint density at radius 3 is 2.72 bits per heavy atom. The van der Waals surface area contributed by atoms with Gasteiger partial charge in [-0.05, 0) is 36.4 Å². The number of ether oxygens (including phenoxy) is 1. The van der Waals surface area contributed by atoms with Crippen LogP contribution in [0.25, 0.3) is 22.0 Å². The lowest BCUT2D eigenvalue weighted by atomic mass is 9.72. The van der Waals surface area contributed by atoms with E-state index in [-0.39, 0.29) is 24.3 Å². The van der Waals surface area contributed by atoms with Gasteiger partial charge in [0.1, 0.15) is 11.4 Å². The molecule has 0 saturated heterocycles. The molecule has 2 heterocycles. The first-order valence-corrected chi connectivity index (χ1v) is 10.6. The number of hydrogen-bond acceptors (Lipinski definition) is 7. The van der Waals surface area contributed by atoms with Crippen LogP contribution in [0.3, 0.4) is 0 Å². The van der Waals surface area contributed by atoms with Gasteiger partial charge in [-0.25, -0.2) is 13.8 Å². The fourth-order valence-electron chi connectivity index (χ4n) is 5.65. The van der Waals surface area contributed by atoms with Crippen molar-refractivity contribution in [1.82, 2.24) is 20.2 Å². The van der Waals surface area contributed by atoms with Crippen LogP contribution in [0.5, 0.6) is 5.75 Å². The van der Waals surface area contributed by atoms with Gasteiger partial charge in [-0.15, -0.1) is 10.2 Å². The van der Waals surface area contributed by atoms with Gasteiger partial charge < -0.3 is 14.7 Å². The molecular formula is C23H25F2N5O2. The van der Waals surface area contributed by atoms with E-state index in [2.05, 4.69) is 20.2 Å². The number of halogens is 2. The molecule has 0 spiro atoms. The number of fused-ring (bicyclic) bond motifs is 3. The Morgan fingerprint density at radius 2 is 2.00 bits per heavy atom. The number of benzene rings is 1. The van der Waals surface area contributed by atoms with Crippen molar-refractivity contribution in [1.29, 1.82) is 0 Å². The number of anilines is 1. The highest BCUT2D eigenvalue weighted by atomic mass is 19.3. The van der Waals surface area contributed by atoms with Crippen molar-refractivity contribution in [3.05, 3.63) is 36.8 Å². The molecule has 1 aromatic carbocycles. The summed E-state index contributed by atoms with van der Waals surface area (Å²) in [5.74, 6) is -2.98. The van der Waals surface area contributed by atoms with Gasteiger partial charge in [0.2, 0.25) is 5.95 Å². The van der Waals surface area contributed by atoms with Gasteiger partial charge >= 0.3 is 0 Å². The molecule has 9 heteroatoms. The van der Waals surface area contributed by atoms with Crippen LogP contribution in [0.2, 0.25) is 0 Å². The van der Waals surface area contributed by atoms with Crippen LogP contribution in [-0.2, 0) is 4.74 Å². The summed E-state index contributed by atoms with van der Waals surface area (Å²) in [6.07, 6.45) is 5.13. The lowest BCUT2D eigenvalue weighted by Crippen LogP contribution is -2.53. The Balaban J connectivity index is 1.44. The molecule has 0 radical (unpaired) electrons. The standard InChI is InChI=1S/C23H25F2N5O2/c1-22-9-15(23(24,25)12-22)8-18(20(22)32-3)30(2)21-27-11-17(28-29-21)16-6-13-4-5-26-10-14(13)7-19(16)31/h4-7,10-11,15,18,20,31H,8-9,12H2,1-3H3/t15-,18-,20+,22+/m0/s1. The minimum Gasteiger partial charge on any atom is -0.507 e. The molecule has 2 aliphatic rings. The second-order valence-electron chi connectivity index (χ2n) is 9.30. The summed E-state index contributed by atoms with van der Waals surface area (Å²) < 4.78 is 34.8. The number of alkyl halides is 2. The topological polar surface area (TPSA) is 84.3 Å². The number of phenolic OH excluding ortho intramolecular Hbond substituents is 1. The fourth-order valence-corrected chi connectivity index (χ4v) is 5.65. The van der Waals surface area contributed by atoms with Crippen LogP contribution in [0, 0.1) is 11.3 Å². The number of aromatic hydroxyl groups is 1. The molecule has 7 nitrogen and oxygen atoms in total. The molecule has 168 valence electrons. The summed E-state index contributed by atoms with van der Waals surface area (Å²) in [5.41, 5.74) is 0.332. The number of phenols is 1. The number of pyridine rings is 1. The van der Waals surface area contributed by atoms with E-state index in [0.717, 1.165) is 10.8 Å². The SMILES string of the molecule is CO[C@@H]1[C@@H](N(C)c2ncc(-c3cc4ccncc4cc3O)nn2)C[C@H]2C[C@]1(C)CC2(F)F. The van der Waals surface area contributed by atoms with E-state index >= 15 is 0 Å². The summed E-state index contributed by atoms with van der Waals surface area (Å²) >= 11 is 0. The van der Waals surface area contributed by atoms with Crippen LogP contribution in [0.15, 0.2) is 36.8 Å². The number of methoxy groups -OCH3 is 1. The van der Waals surface area contributed by atoms with Gasteiger partial charge in [-0.3, -0.25) is 4.98 Å². The van der Waals surface area contributed by atoms with Crippen LogP contribution >= 0.6 is 0 Å². The predicted octanol–water partition coefficient (Wildman–Crippen LogP) is 4.07. The minimum atomic E-state index is -2.69. The van der Waals surface area contributed by atoms with Crippen molar-refractivity contribution in [3.8, 4) is 17.0 Å². The van der Waals surface area contributed by atoms with E-state index in [0.29, 0.717) is 30.0 Å². The number of nitrogens with zero attached hydrogens (tertiary/aromatic N) is 5. The molecule has 2 fully saturated rings. The van der Waals surface area contributed by atoms with Crippen molar-refractivity contribution in [2.24, 2.45) is 11.3 Å². The molecule has 32 heavy (non-hydrogen) atoms. The Morgan fingerprint density at radius 1 is 1.19 bits per heavy atom. The lowest BCUT2D eigenvalue weighted by Gasteiger charge is -2.45. The Hall–Kier alpha value is -2.94. The van der Waals surface area contributed by atoms with Gasteiger partial charge in [0.15, 0.2) is 0 Å². The predicted molar refractivity (Wildman–Crippen MR) is 116 cm³/mol. The van der Waals surface area contributed by atoms with E-state index in [1.54, 1.807) is 37.5 Å². The Kier molecular flexibility index (Phi) is 4.77. The van der Waals surface area contributed by atoms with Gasteiger partial charge in [0.25, 0.3) is 5.92 Å². The maximum Gasteiger partial charge on any atom is 0.251 e. The first-order chi connectivity index (χ1) is 15.2. The summed E-state index contributed by atoms with van der Waals surface area (Å²) in [5, 5.41) is 20.7. The zero-order valence-electron chi connectivity index (χ0n) is 18.2. The second kappa shape index (κ2) is 7.30. The van der Waals surface area contributed by atoms with Gasteiger partial charge in [0, 0.05) is 55.3 Å². The minimum absolute atomic E-state index is 0.0566. The fraction of sp³-hybridized carbons (Fsp3) is 0.478. The van der Waals surface area contributed by atoms with E-state index in [1.807, 2.05) is 19.1 Å². The summed E-state index contributed by atoms with van der Waals surface area (Å²) in [6.45, 7) is 1.88. The maximum absolute atomic E-state index is 14.5. The van der Waals surface area contributed by atoms with Gasteiger partial charge in [-0.1, -0.05) is 6.92 Å². The molecule has 0 amide bonds. The van der Waals surface area contributed by atoms with Crippen molar-refractivity contribution in [2.75, 3.05) is 19.1 Å². The normalized spacial score (nSPS) is 28.7. The monoisotopic (exact) mass is 441 g/mol. The Bertz CT molecular complexity index is 1160. The zero-order valence-corrected chi connectivity index (χ0v) is 18.2. The Labute approximate surface area is 184 Å². The molecule has 5 rings (SSSR count). The van der Waals surface area contributed by atoms with Gasteiger partial charge in [-0.2, -0.15) is 0 Å². The molecular weight excluding hydrogens is 416 g/mol. The first kappa shape index (κ1) is 20.9. The molecule has 4 atom stereocenters. The largest absolute Gasteiger partial charge is 0.507 e. The van der Waals surface area contributed by atoms with E-state index < -0.39 is 17.3 Å². The van der Waals surface area contributed by atoms with E-state index in [9.17, 15) is 13.9 Å². The molecule has 2 aromatic heterocycles. The van der Waals surface area contributed by atoms with Crippen LogP contribution < -0.4 is 4.90 Å². The highest BCUT2D eigenvalue weighted by Crippen LogP contribution is 2.59. The van der Waals surface area contributed by atoms with Crippen molar-refractivity contribution < 1.29 is 18.6 Å². The molecule has 1 N–H and O–H groups in total. The smallest absolute Gasteiger partial charge is 0.251 e. The quantitative estimate of drug-likeness (QED) is 0.653. The first-order valence-electron chi connectivity index (χ1n) is 10.6. The summed E-state index contributed by atoms with van der Waals surface area (Å²) in [4.78, 5) is 10.3. The number of aromatic nitrogens is 4. The summed E-state index contributed by atoms with van der Waals surface area (Å²) in [7, 11) is 3.37. The van der Waals surface area contributed by atoms with Crippen LogP contribution in [0.1, 0.15) is 26.2 Å². The molecule has 2 saturated carbocycles. The molecule has 2 aliphatic carbocycles. The highest BCUT2D eigenvalue weighted by Gasteiger charge is 2.63. The molecule has 0 unspecified atom stereocenters. The van der Waals surface area contributed by atoms with Crippen LogP contribution in [-0.4, -0.2) is 57.5 Å². The zero-order chi connectivity index (χ0) is 22.7. The average Bonchev–Trinajstić information content (AvgIpc) is 2.96. The third-order valence-electron chi connectivity index (χ3n) is 7.16.